The zero-order valence-corrected chi connectivity index (χ0v) is 12.8. The largest absolute Gasteiger partial charge is 0.480 e. The number of thiazole rings is 1. The van der Waals surface area contributed by atoms with Gasteiger partial charge in [0.1, 0.15) is 11.0 Å². The standard InChI is InChI=1S/C14H14N2O3S2/c17-12(16-5-1-3-10(16)14(18)19)7-9-8-21-13(15-9)11-4-2-6-20-11/h2,4,6,8,10H,1,3,5,7H2,(H,18,19)/t10-/m1/s1. The highest BCUT2D eigenvalue weighted by Crippen LogP contribution is 2.28. The summed E-state index contributed by atoms with van der Waals surface area (Å²) < 4.78 is 0. The van der Waals surface area contributed by atoms with E-state index in [1.54, 1.807) is 11.3 Å². The van der Waals surface area contributed by atoms with Crippen molar-refractivity contribution in [2.75, 3.05) is 6.54 Å². The van der Waals surface area contributed by atoms with E-state index in [0.29, 0.717) is 18.7 Å². The van der Waals surface area contributed by atoms with Gasteiger partial charge < -0.3 is 10.0 Å². The third-order valence-corrected chi connectivity index (χ3v) is 5.40. The molecule has 0 aromatic carbocycles. The molecule has 110 valence electrons. The molecule has 0 spiro atoms. The number of carboxylic acids is 1. The quantitative estimate of drug-likeness (QED) is 0.939. The SMILES string of the molecule is O=C(O)[C@H]1CCCN1C(=O)Cc1csc(-c2cccs2)n1. The maximum atomic E-state index is 12.3. The molecule has 1 atom stereocenters. The van der Waals surface area contributed by atoms with Gasteiger partial charge in [0.05, 0.1) is 17.0 Å². The lowest BCUT2D eigenvalue weighted by Crippen LogP contribution is -2.41. The van der Waals surface area contributed by atoms with E-state index in [-0.39, 0.29) is 12.3 Å². The van der Waals surface area contributed by atoms with Crippen LogP contribution in [-0.2, 0) is 16.0 Å². The van der Waals surface area contributed by atoms with E-state index < -0.39 is 12.0 Å². The molecule has 0 unspecified atom stereocenters. The molecule has 0 saturated carbocycles. The molecular weight excluding hydrogens is 308 g/mol. The normalized spacial score (nSPS) is 18.1. The summed E-state index contributed by atoms with van der Waals surface area (Å²) >= 11 is 3.12. The molecule has 0 bridgehead atoms. The Morgan fingerprint density at radius 1 is 1.43 bits per heavy atom. The molecule has 3 heterocycles. The van der Waals surface area contributed by atoms with Crippen molar-refractivity contribution in [1.82, 2.24) is 9.88 Å². The van der Waals surface area contributed by atoms with Crippen LogP contribution in [0.25, 0.3) is 9.88 Å². The second kappa shape index (κ2) is 5.95. The van der Waals surface area contributed by atoms with Crippen LogP contribution in [0.3, 0.4) is 0 Å². The Balaban J connectivity index is 1.69. The maximum absolute atomic E-state index is 12.3. The van der Waals surface area contributed by atoms with Crippen LogP contribution in [-0.4, -0.2) is 39.5 Å². The number of nitrogens with zero attached hydrogens (tertiary/aromatic N) is 2. The number of hydrogen-bond donors (Lipinski definition) is 1. The molecule has 21 heavy (non-hydrogen) atoms. The molecule has 1 fully saturated rings. The van der Waals surface area contributed by atoms with E-state index in [1.807, 2.05) is 22.9 Å². The lowest BCUT2D eigenvalue weighted by Gasteiger charge is -2.20. The number of amides is 1. The summed E-state index contributed by atoms with van der Waals surface area (Å²) in [4.78, 5) is 30.4. The van der Waals surface area contributed by atoms with Crippen molar-refractivity contribution in [3.8, 4) is 9.88 Å². The minimum atomic E-state index is -0.918. The van der Waals surface area contributed by atoms with E-state index in [9.17, 15) is 9.59 Å². The highest BCUT2D eigenvalue weighted by Gasteiger charge is 2.33. The summed E-state index contributed by atoms with van der Waals surface area (Å²) in [5, 5.41) is 13.9. The zero-order chi connectivity index (χ0) is 14.8. The fraction of sp³-hybridized carbons (Fsp3) is 0.357. The van der Waals surface area contributed by atoms with Crippen molar-refractivity contribution >= 4 is 34.6 Å². The molecule has 1 N–H and O–H groups in total. The molecule has 1 aliphatic heterocycles. The Labute approximate surface area is 129 Å². The van der Waals surface area contributed by atoms with E-state index in [4.69, 9.17) is 5.11 Å². The van der Waals surface area contributed by atoms with E-state index in [0.717, 1.165) is 16.3 Å². The summed E-state index contributed by atoms with van der Waals surface area (Å²) in [5.74, 6) is -1.07. The molecule has 2 aromatic heterocycles. The smallest absolute Gasteiger partial charge is 0.326 e. The summed E-state index contributed by atoms with van der Waals surface area (Å²) in [5.41, 5.74) is 0.712. The maximum Gasteiger partial charge on any atom is 0.326 e. The van der Waals surface area contributed by atoms with Crippen molar-refractivity contribution in [1.29, 1.82) is 0 Å². The average molecular weight is 322 g/mol. The first-order valence-electron chi connectivity index (χ1n) is 6.65. The Bertz CT molecular complexity index is 651. The number of carbonyl (C=O) groups is 2. The number of hydrogen-bond acceptors (Lipinski definition) is 5. The Hall–Kier alpha value is -1.73. The Kier molecular flexibility index (Phi) is 4.03. The third-order valence-electron chi connectivity index (χ3n) is 3.47. The molecule has 1 saturated heterocycles. The fourth-order valence-electron chi connectivity index (χ4n) is 2.48. The van der Waals surface area contributed by atoms with Crippen LogP contribution < -0.4 is 0 Å². The Morgan fingerprint density at radius 3 is 3.00 bits per heavy atom. The molecule has 3 rings (SSSR count). The van der Waals surface area contributed by atoms with Gasteiger partial charge in [-0.05, 0) is 24.3 Å². The molecule has 7 heteroatoms. The second-order valence-electron chi connectivity index (χ2n) is 4.88. The van der Waals surface area contributed by atoms with Crippen LogP contribution in [0, 0.1) is 0 Å². The van der Waals surface area contributed by atoms with E-state index in [1.165, 1.54) is 16.2 Å². The zero-order valence-electron chi connectivity index (χ0n) is 11.2. The summed E-state index contributed by atoms with van der Waals surface area (Å²) in [6, 6.07) is 3.29. The van der Waals surface area contributed by atoms with Crippen molar-refractivity contribution in [3.63, 3.8) is 0 Å². The van der Waals surface area contributed by atoms with Gasteiger partial charge in [0, 0.05) is 11.9 Å². The highest BCUT2D eigenvalue weighted by molar-refractivity contribution is 7.20. The first kappa shape index (κ1) is 14.2. The van der Waals surface area contributed by atoms with Crippen LogP contribution in [0.4, 0.5) is 0 Å². The number of likely N-dealkylation sites (tertiary alicyclic amines) is 1. The van der Waals surface area contributed by atoms with E-state index >= 15 is 0 Å². The number of carboxylic acid groups (broad SMARTS) is 1. The Morgan fingerprint density at radius 2 is 2.29 bits per heavy atom. The van der Waals surface area contributed by atoms with Crippen molar-refractivity contribution < 1.29 is 14.7 Å². The minimum Gasteiger partial charge on any atom is -0.480 e. The summed E-state index contributed by atoms with van der Waals surface area (Å²) in [6.45, 7) is 0.526. The van der Waals surface area contributed by atoms with Gasteiger partial charge in [-0.3, -0.25) is 4.79 Å². The highest BCUT2D eigenvalue weighted by atomic mass is 32.1. The van der Waals surface area contributed by atoms with Crippen molar-refractivity contribution in [3.05, 3.63) is 28.6 Å². The predicted molar refractivity (Wildman–Crippen MR) is 81.5 cm³/mol. The van der Waals surface area contributed by atoms with Gasteiger partial charge in [0.25, 0.3) is 0 Å². The van der Waals surface area contributed by atoms with Crippen LogP contribution in [0.5, 0.6) is 0 Å². The van der Waals surface area contributed by atoms with Crippen molar-refractivity contribution in [2.45, 2.75) is 25.3 Å². The topological polar surface area (TPSA) is 70.5 Å². The number of aromatic nitrogens is 1. The first-order chi connectivity index (χ1) is 10.1. The van der Waals surface area contributed by atoms with Gasteiger partial charge in [-0.25, -0.2) is 9.78 Å². The third kappa shape index (κ3) is 2.98. The monoisotopic (exact) mass is 322 g/mol. The molecule has 1 amide bonds. The molecular formula is C14H14N2O3S2. The van der Waals surface area contributed by atoms with Gasteiger partial charge in [-0.1, -0.05) is 6.07 Å². The van der Waals surface area contributed by atoms with Crippen LogP contribution in [0.15, 0.2) is 22.9 Å². The first-order valence-corrected chi connectivity index (χ1v) is 8.41. The van der Waals surface area contributed by atoms with Gasteiger partial charge in [-0.2, -0.15) is 0 Å². The van der Waals surface area contributed by atoms with Crippen LogP contribution in [0.2, 0.25) is 0 Å². The molecule has 0 radical (unpaired) electrons. The molecule has 0 aliphatic carbocycles. The lowest BCUT2D eigenvalue weighted by atomic mass is 10.2. The van der Waals surface area contributed by atoms with Crippen LogP contribution in [0.1, 0.15) is 18.5 Å². The average Bonchev–Trinajstić information content (AvgIpc) is 3.19. The minimum absolute atomic E-state index is 0.150. The fourth-order valence-corrected chi connectivity index (χ4v) is 4.11. The number of aliphatic carboxylic acids is 1. The lowest BCUT2D eigenvalue weighted by molar-refractivity contribution is -0.148. The number of thiophene rings is 1. The van der Waals surface area contributed by atoms with E-state index in [2.05, 4.69) is 4.98 Å². The van der Waals surface area contributed by atoms with Gasteiger partial charge in [0.15, 0.2) is 0 Å². The molecule has 1 aliphatic rings. The number of rotatable bonds is 4. The van der Waals surface area contributed by atoms with Gasteiger partial charge in [0.2, 0.25) is 5.91 Å². The second-order valence-corrected chi connectivity index (χ2v) is 6.69. The molecule has 5 nitrogen and oxygen atoms in total. The van der Waals surface area contributed by atoms with Crippen molar-refractivity contribution in [2.24, 2.45) is 0 Å². The molecule has 2 aromatic rings. The predicted octanol–water partition coefficient (Wildman–Crippen LogP) is 2.49. The summed E-state index contributed by atoms with van der Waals surface area (Å²) in [6.07, 6.45) is 1.46. The van der Waals surface area contributed by atoms with Gasteiger partial charge >= 0.3 is 5.97 Å². The summed E-state index contributed by atoms with van der Waals surface area (Å²) in [7, 11) is 0. The van der Waals surface area contributed by atoms with Gasteiger partial charge in [-0.15, -0.1) is 22.7 Å². The number of carbonyl (C=O) groups excluding carboxylic acids is 1. The van der Waals surface area contributed by atoms with Crippen LogP contribution >= 0.6 is 22.7 Å².